The van der Waals surface area contributed by atoms with E-state index in [1.807, 2.05) is 38.1 Å². The van der Waals surface area contributed by atoms with Gasteiger partial charge in [-0.15, -0.1) is 0 Å². The van der Waals surface area contributed by atoms with Crippen molar-refractivity contribution in [2.75, 3.05) is 12.8 Å². The summed E-state index contributed by atoms with van der Waals surface area (Å²) < 4.78 is 5.37. The third-order valence-electron chi connectivity index (χ3n) is 3.32. The van der Waals surface area contributed by atoms with Crippen molar-refractivity contribution in [2.45, 2.75) is 19.9 Å². The Hall–Kier alpha value is -2.00. The van der Waals surface area contributed by atoms with Crippen molar-refractivity contribution in [2.24, 2.45) is 5.73 Å². The van der Waals surface area contributed by atoms with E-state index in [-0.39, 0.29) is 6.04 Å². The third kappa shape index (κ3) is 2.71. The normalized spacial score (nSPS) is 12.2. The van der Waals surface area contributed by atoms with E-state index in [0.29, 0.717) is 0 Å². The third-order valence-corrected chi connectivity index (χ3v) is 3.32. The summed E-state index contributed by atoms with van der Waals surface area (Å²) in [6.07, 6.45) is 0. The summed E-state index contributed by atoms with van der Waals surface area (Å²) in [5, 5.41) is 0. The van der Waals surface area contributed by atoms with Crippen LogP contribution in [-0.2, 0) is 0 Å². The smallest absolute Gasteiger partial charge is 0.124 e. The average Bonchev–Trinajstić information content (AvgIpc) is 2.37. The molecule has 0 bridgehead atoms. The number of methoxy groups -OCH3 is 1. The molecule has 0 fully saturated rings. The quantitative estimate of drug-likeness (QED) is 0.830. The fourth-order valence-corrected chi connectivity index (χ4v) is 2.43. The lowest BCUT2D eigenvalue weighted by Gasteiger charge is -2.17. The van der Waals surface area contributed by atoms with Gasteiger partial charge in [-0.3, -0.25) is 0 Å². The number of hydrogen-bond donors (Lipinski definition) is 2. The molecule has 1 unspecified atom stereocenters. The van der Waals surface area contributed by atoms with E-state index in [2.05, 4.69) is 12.1 Å². The summed E-state index contributed by atoms with van der Waals surface area (Å²) in [4.78, 5) is 0. The molecule has 0 aliphatic carbocycles. The van der Waals surface area contributed by atoms with Crippen LogP contribution in [0.25, 0.3) is 0 Å². The molecular formula is C16H20N2O. The number of rotatable bonds is 3. The Labute approximate surface area is 114 Å². The second kappa shape index (κ2) is 5.33. The molecule has 2 aromatic rings. The highest BCUT2D eigenvalue weighted by Crippen LogP contribution is 2.29. The van der Waals surface area contributed by atoms with Crippen molar-refractivity contribution in [3.63, 3.8) is 0 Å². The van der Waals surface area contributed by atoms with E-state index in [1.54, 1.807) is 7.11 Å². The van der Waals surface area contributed by atoms with Crippen molar-refractivity contribution in [1.29, 1.82) is 0 Å². The molecule has 0 heterocycles. The molecule has 0 aliphatic rings. The highest BCUT2D eigenvalue weighted by molar-refractivity contribution is 5.48. The van der Waals surface area contributed by atoms with Gasteiger partial charge in [-0.2, -0.15) is 0 Å². The number of hydrogen-bond acceptors (Lipinski definition) is 3. The van der Waals surface area contributed by atoms with Crippen LogP contribution in [0.4, 0.5) is 5.69 Å². The SMILES string of the molecule is COc1c(C)cc(C(N)c2cccc(N)c2)cc1C. The first-order valence-electron chi connectivity index (χ1n) is 6.29. The van der Waals surface area contributed by atoms with Crippen molar-refractivity contribution >= 4 is 5.69 Å². The van der Waals surface area contributed by atoms with Gasteiger partial charge in [0.2, 0.25) is 0 Å². The summed E-state index contributed by atoms with van der Waals surface area (Å²) in [5.74, 6) is 0.920. The first kappa shape index (κ1) is 13.4. The molecule has 0 saturated heterocycles. The molecule has 3 nitrogen and oxygen atoms in total. The predicted molar refractivity (Wildman–Crippen MR) is 79.4 cm³/mol. The van der Waals surface area contributed by atoms with Gasteiger partial charge in [0.25, 0.3) is 0 Å². The molecule has 0 aromatic heterocycles. The number of nitrogens with two attached hydrogens (primary N) is 2. The second-order valence-corrected chi connectivity index (χ2v) is 4.84. The van der Waals surface area contributed by atoms with Gasteiger partial charge in [0.05, 0.1) is 13.2 Å². The van der Waals surface area contributed by atoms with E-state index in [0.717, 1.165) is 33.7 Å². The van der Waals surface area contributed by atoms with Crippen LogP contribution in [0.5, 0.6) is 5.75 Å². The summed E-state index contributed by atoms with van der Waals surface area (Å²) in [6, 6.07) is 11.7. The van der Waals surface area contributed by atoms with Crippen LogP contribution in [0.1, 0.15) is 28.3 Å². The lowest BCUT2D eigenvalue weighted by Crippen LogP contribution is -2.13. The monoisotopic (exact) mass is 256 g/mol. The van der Waals surface area contributed by atoms with Gasteiger partial charge in [0.15, 0.2) is 0 Å². The van der Waals surface area contributed by atoms with Crippen LogP contribution in [0.3, 0.4) is 0 Å². The first-order valence-corrected chi connectivity index (χ1v) is 6.29. The molecule has 0 spiro atoms. The minimum Gasteiger partial charge on any atom is -0.496 e. The lowest BCUT2D eigenvalue weighted by molar-refractivity contribution is 0.408. The van der Waals surface area contributed by atoms with Gasteiger partial charge in [-0.25, -0.2) is 0 Å². The number of aryl methyl sites for hydroxylation is 2. The van der Waals surface area contributed by atoms with Crippen molar-refractivity contribution in [3.05, 3.63) is 58.7 Å². The molecule has 0 saturated carbocycles. The van der Waals surface area contributed by atoms with Crippen LogP contribution >= 0.6 is 0 Å². The molecule has 100 valence electrons. The molecule has 19 heavy (non-hydrogen) atoms. The van der Waals surface area contributed by atoms with E-state index in [9.17, 15) is 0 Å². The molecule has 0 radical (unpaired) electrons. The molecule has 0 amide bonds. The zero-order chi connectivity index (χ0) is 14.0. The minimum atomic E-state index is -0.174. The fraction of sp³-hybridized carbons (Fsp3) is 0.250. The van der Waals surface area contributed by atoms with Crippen LogP contribution in [-0.4, -0.2) is 7.11 Å². The van der Waals surface area contributed by atoms with E-state index in [4.69, 9.17) is 16.2 Å². The zero-order valence-corrected chi connectivity index (χ0v) is 11.6. The summed E-state index contributed by atoms with van der Waals surface area (Å²) >= 11 is 0. The summed E-state index contributed by atoms with van der Waals surface area (Å²) in [6.45, 7) is 4.06. The second-order valence-electron chi connectivity index (χ2n) is 4.84. The summed E-state index contributed by atoms with van der Waals surface area (Å²) in [5.41, 5.74) is 17.1. The Morgan fingerprint density at radius 3 is 2.16 bits per heavy atom. The lowest BCUT2D eigenvalue weighted by atomic mass is 9.95. The largest absolute Gasteiger partial charge is 0.496 e. The Morgan fingerprint density at radius 2 is 1.63 bits per heavy atom. The van der Waals surface area contributed by atoms with E-state index < -0.39 is 0 Å². The van der Waals surface area contributed by atoms with Gasteiger partial charge in [0.1, 0.15) is 5.75 Å². The van der Waals surface area contributed by atoms with Crippen LogP contribution in [0.15, 0.2) is 36.4 Å². The topological polar surface area (TPSA) is 61.3 Å². The van der Waals surface area contributed by atoms with Gasteiger partial charge in [-0.05, 0) is 48.2 Å². The maximum absolute atomic E-state index is 6.32. The van der Waals surface area contributed by atoms with Crippen LogP contribution in [0.2, 0.25) is 0 Å². The van der Waals surface area contributed by atoms with E-state index in [1.165, 1.54) is 0 Å². The maximum atomic E-state index is 6.32. The molecule has 2 rings (SSSR count). The molecular weight excluding hydrogens is 236 g/mol. The first-order chi connectivity index (χ1) is 9.02. The number of anilines is 1. The fourth-order valence-electron chi connectivity index (χ4n) is 2.43. The van der Waals surface area contributed by atoms with Gasteiger partial charge < -0.3 is 16.2 Å². The molecule has 2 aromatic carbocycles. The standard InChI is InChI=1S/C16H20N2O/c1-10-7-13(8-11(2)16(10)19-3)15(18)12-5-4-6-14(17)9-12/h4-9,15H,17-18H2,1-3H3. The molecule has 1 atom stereocenters. The van der Waals surface area contributed by atoms with Crippen LogP contribution < -0.4 is 16.2 Å². The Bertz CT molecular complexity index is 570. The van der Waals surface area contributed by atoms with Crippen LogP contribution in [0, 0.1) is 13.8 Å². The Morgan fingerprint density at radius 1 is 1.00 bits per heavy atom. The highest BCUT2D eigenvalue weighted by Gasteiger charge is 2.13. The average molecular weight is 256 g/mol. The maximum Gasteiger partial charge on any atom is 0.124 e. The van der Waals surface area contributed by atoms with Crippen molar-refractivity contribution < 1.29 is 4.74 Å². The van der Waals surface area contributed by atoms with Crippen molar-refractivity contribution in [3.8, 4) is 5.75 Å². The van der Waals surface area contributed by atoms with Gasteiger partial charge in [-0.1, -0.05) is 24.3 Å². The predicted octanol–water partition coefficient (Wildman–Crippen LogP) is 2.94. The van der Waals surface area contributed by atoms with Gasteiger partial charge in [0, 0.05) is 5.69 Å². The van der Waals surface area contributed by atoms with Gasteiger partial charge >= 0.3 is 0 Å². The van der Waals surface area contributed by atoms with E-state index >= 15 is 0 Å². The van der Waals surface area contributed by atoms with Crippen molar-refractivity contribution in [1.82, 2.24) is 0 Å². The Kier molecular flexibility index (Phi) is 3.76. The highest BCUT2D eigenvalue weighted by atomic mass is 16.5. The molecule has 3 heteroatoms. The number of nitrogen functional groups attached to an aromatic ring is 1. The summed E-state index contributed by atoms with van der Waals surface area (Å²) in [7, 11) is 1.69. The number of ether oxygens (including phenoxy) is 1. The molecule has 4 N–H and O–H groups in total. The number of benzene rings is 2. The Balaban J connectivity index is 2.42. The minimum absolute atomic E-state index is 0.174. The molecule has 0 aliphatic heterocycles. The zero-order valence-electron chi connectivity index (χ0n) is 11.6.